The van der Waals surface area contributed by atoms with Gasteiger partial charge in [-0.25, -0.2) is 0 Å². The Bertz CT molecular complexity index is 3110. The second kappa shape index (κ2) is 26.2. The molecule has 4 aromatic carbocycles. The van der Waals surface area contributed by atoms with E-state index < -0.39 is 0 Å². The Labute approximate surface area is 535 Å². The molecule has 9 rings (SSSR count). The van der Waals surface area contributed by atoms with Crippen molar-refractivity contribution >= 4 is 308 Å². The van der Waals surface area contributed by atoms with E-state index in [1.54, 1.807) is 17.8 Å². The Morgan fingerprint density at radius 3 is 0.583 bits per heavy atom. The molecular formula is C48H42Li8N8Se8. The van der Waals surface area contributed by atoms with Gasteiger partial charge in [0, 0.05) is 0 Å². The molecule has 0 spiro atoms. The predicted octanol–water partition coefficient (Wildman–Crippen LogP) is -1.33. The summed E-state index contributed by atoms with van der Waals surface area (Å²) in [6, 6.07) is 0. The van der Waals surface area contributed by atoms with Gasteiger partial charge in [-0.05, 0) is 0 Å². The minimum absolute atomic E-state index is 0.292. The summed E-state index contributed by atoms with van der Waals surface area (Å²) in [5.74, 6) is 3.09. The van der Waals surface area contributed by atoms with Gasteiger partial charge in [-0.3, -0.25) is 0 Å². The van der Waals surface area contributed by atoms with E-state index in [4.69, 9.17) is 29.9 Å². The van der Waals surface area contributed by atoms with Gasteiger partial charge in [0.1, 0.15) is 0 Å². The standard InChI is InChI=1S/C48H50N8Se8.8Li/c1-9-17-25-26(18(10-2)34(58)33(17)57)42-49-41(25)53-43-27-19(11-3)35(59)36(60)20(12-4)28(27)45(50-43)55-47-31-23(15-7)39(63)40(64)24(16-8)32(31)48(52-47)56-46-30-22(14-6)38(62)37(61)21(13-5)29(30)44(51-46)54-42;;;;;;;;/h57-64H,9-16H2,1-8H3,(H2,49,50,51,52,53,54,55,56);;;;;;;;/q;8*+1/p-8. The van der Waals surface area contributed by atoms with Gasteiger partial charge >= 0.3 is 545 Å². The number of fused-ring (bicyclic) bond motifs is 20. The monoisotopic (exact) mass is 1430 g/mol. The molecule has 330 valence electrons. The van der Waals surface area contributed by atoms with Gasteiger partial charge in [0.05, 0.1) is 0 Å². The maximum atomic E-state index is 5.90. The number of rotatable bonds is 16. The van der Waals surface area contributed by atoms with Crippen molar-refractivity contribution in [3.63, 3.8) is 0 Å². The molecule has 5 heterocycles. The van der Waals surface area contributed by atoms with E-state index in [0.29, 0.717) is 102 Å². The molecule has 7 aromatic rings. The van der Waals surface area contributed by atoms with Crippen molar-refractivity contribution in [2.24, 2.45) is 0 Å². The molecule has 0 saturated heterocycles. The topological polar surface area (TPSA) is 109 Å². The Morgan fingerprint density at radius 1 is 0.264 bits per heavy atom. The summed E-state index contributed by atoms with van der Waals surface area (Å²) >= 11 is 21.5. The summed E-state index contributed by atoms with van der Waals surface area (Å²) in [7, 11) is 0. The second-order valence-electron chi connectivity index (χ2n) is 17.5. The van der Waals surface area contributed by atoms with Crippen LogP contribution in [-0.4, -0.2) is 268 Å². The number of H-pyrrole nitrogens is 2. The molecule has 2 aliphatic rings. The summed E-state index contributed by atoms with van der Waals surface area (Å²) < 4.78 is 12.3. The average molecular weight is 1420 g/mol. The van der Waals surface area contributed by atoms with Crippen molar-refractivity contribution < 1.29 is 0 Å². The quantitative estimate of drug-likeness (QED) is 0.116. The molecule has 0 saturated carbocycles. The molecule has 72 heavy (non-hydrogen) atoms. The number of aromatic amines is 2. The van der Waals surface area contributed by atoms with E-state index in [2.05, 4.69) is 192 Å². The van der Waals surface area contributed by atoms with E-state index in [0.717, 1.165) is 97.3 Å². The number of aryl methyl sites for hydroxylation is 4. The fourth-order valence-electron chi connectivity index (χ4n) is 11.7. The predicted molar refractivity (Wildman–Crippen MR) is 320 cm³/mol. The van der Waals surface area contributed by atoms with E-state index in [1.165, 1.54) is 106 Å². The fraction of sp³-hybridized carbons (Fsp3) is 0.333. The molecule has 0 amide bonds. The Morgan fingerprint density at radius 2 is 0.431 bits per heavy atom. The molecule has 2 aliphatic heterocycles. The normalized spacial score (nSPS) is 12.3. The van der Waals surface area contributed by atoms with Crippen molar-refractivity contribution in [3.8, 4) is 45.6 Å². The van der Waals surface area contributed by atoms with Gasteiger partial charge in [-0.15, -0.1) is 0 Å². The Balaban J connectivity index is 1.67. The van der Waals surface area contributed by atoms with Crippen LogP contribution in [0.4, 0.5) is 0 Å². The molecule has 0 atom stereocenters. The minimum atomic E-state index is 0.292. The molecule has 0 radical (unpaired) electrons. The molecule has 8 bridgehead atoms. The third kappa shape index (κ3) is 10.0. The van der Waals surface area contributed by atoms with Crippen molar-refractivity contribution in [1.82, 2.24) is 39.9 Å². The third-order valence-electron chi connectivity index (χ3n) is 14.5. The number of benzene rings is 4. The zero-order valence-corrected chi connectivity index (χ0v) is 58.3. The number of hydrogen-bond acceptors (Lipinski definition) is 6. The van der Waals surface area contributed by atoms with Gasteiger partial charge in [0.2, 0.25) is 0 Å². The molecule has 3 aromatic heterocycles. The first-order chi connectivity index (χ1) is 35.0. The van der Waals surface area contributed by atoms with Gasteiger partial charge in [0.25, 0.3) is 0 Å². The summed E-state index contributed by atoms with van der Waals surface area (Å²) in [6.07, 6.45) is 7.33. The van der Waals surface area contributed by atoms with Crippen molar-refractivity contribution in [2.75, 3.05) is 0 Å². The van der Waals surface area contributed by atoms with Crippen LogP contribution in [0.15, 0.2) is 0 Å². The fourth-order valence-corrected chi connectivity index (χ4v) is 32.4. The van der Waals surface area contributed by atoms with Crippen LogP contribution < -0.4 is 35.7 Å². The SMILES string of the molecule is [Li][Se]c1c(CC)c2c(c(CC)c1[Se][Li])-c1nc-2nc2[nH]c(nc3nc(nc4[nH]c(n1)c1c(CC)c([Se][Li])c([Se][Li])c(CC)c41)-c1c(CC)c([Se][Li])c([Se][Li])c(CC)c1-3)c1c(CC)c([Se][Li])c([Se][Li])c(CC)c21. The summed E-state index contributed by atoms with van der Waals surface area (Å²) in [5, 5.41) is 4.84. The van der Waals surface area contributed by atoms with Crippen LogP contribution in [0.25, 0.3) is 89.7 Å². The van der Waals surface area contributed by atoms with Crippen molar-refractivity contribution in [2.45, 2.75) is 107 Å². The summed E-state index contributed by atoms with van der Waals surface area (Å²) in [6.45, 7) is 18.7. The van der Waals surface area contributed by atoms with Crippen LogP contribution in [0.5, 0.6) is 0 Å². The zero-order valence-electron chi connectivity index (χ0n) is 44.6. The number of hydrogen-bond donors (Lipinski definition) is 2. The zero-order chi connectivity index (χ0) is 51.4. The van der Waals surface area contributed by atoms with E-state index in [9.17, 15) is 0 Å². The maximum absolute atomic E-state index is 5.90. The summed E-state index contributed by atoms with van der Waals surface area (Å²) in [5.41, 5.74) is 19.4. The van der Waals surface area contributed by atoms with Crippen LogP contribution >= 0.6 is 0 Å². The van der Waals surface area contributed by atoms with E-state index in [-0.39, 0.29) is 0 Å². The van der Waals surface area contributed by atoms with E-state index in [1.807, 2.05) is 0 Å². The first-order valence-corrected chi connectivity index (χ1v) is 45.6. The van der Waals surface area contributed by atoms with Gasteiger partial charge < -0.3 is 0 Å². The van der Waals surface area contributed by atoms with Crippen LogP contribution in [0.2, 0.25) is 0 Å². The van der Waals surface area contributed by atoms with Crippen molar-refractivity contribution in [1.29, 1.82) is 0 Å². The Kier molecular flexibility index (Phi) is 21.7. The van der Waals surface area contributed by atoms with Crippen LogP contribution in [0, 0.1) is 0 Å². The molecule has 0 aliphatic carbocycles. The van der Waals surface area contributed by atoms with Crippen LogP contribution in [0.3, 0.4) is 0 Å². The Hall–Kier alpha value is 3.18. The van der Waals surface area contributed by atoms with Crippen LogP contribution in [-0.2, 0) is 51.4 Å². The molecule has 2 N–H and O–H groups in total. The second-order valence-corrected chi connectivity index (χ2v) is 31.2. The van der Waals surface area contributed by atoms with Gasteiger partial charge in [-0.2, -0.15) is 0 Å². The molecule has 0 unspecified atom stereocenters. The van der Waals surface area contributed by atoms with Crippen molar-refractivity contribution in [3.05, 3.63) is 44.5 Å². The number of nitrogens with one attached hydrogen (secondary N) is 2. The first kappa shape index (κ1) is 59.8. The van der Waals surface area contributed by atoms with Crippen LogP contribution in [0.1, 0.15) is 99.9 Å². The number of nitrogens with zero attached hydrogens (tertiary/aromatic N) is 6. The van der Waals surface area contributed by atoms with Gasteiger partial charge in [0.15, 0.2) is 0 Å². The first-order valence-electron chi connectivity index (χ1n) is 25.1. The molecule has 0 fully saturated rings. The summed E-state index contributed by atoms with van der Waals surface area (Å²) in [4.78, 5) is 43.1. The average Bonchev–Trinajstić information content (AvgIpc) is 4.15. The van der Waals surface area contributed by atoms with Gasteiger partial charge in [-0.1, -0.05) is 0 Å². The molecular weight excluding hydrogens is 1380 g/mol. The molecule has 24 heteroatoms. The van der Waals surface area contributed by atoms with E-state index >= 15 is 0 Å². The number of aromatic nitrogens is 8. The molecule has 8 nitrogen and oxygen atoms in total. The third-order valence-corrected chi connectivity index (χ3v) is 31.5.